The summed E-state index contributed by atoms with van der Waals surface area (Å²) >= 11 is 1.33. The summed E-state index contributed by atoms with van der Waals surface area (Å²) in [5, 5.41) is 14.5. The van der Waals surface area contributed by atoms with Crippen molar-refractivity contribution in [3.05, 3.63) is 99.6 Å². The molecule has 38 heavy (non-hydrogen) atoms. The van der Waals surface area contributed by atoms with Gasteiger partial charge in [-0.1, -0.05) is 48.2 Å². The minimum Gasteiger partial charge on any atom is -0.497 e. The van der Waals surface area contributed by atoms with Gasteiger partial charge in [0.2, 0.25) is 5.91 Å². The van der Waals surface area contributed by atoms with Crippen molar-refractivity contribution < 1.29 is 19.2 Å². The van der Waals surface area contributed by atoms with E-state index in [9.17, 15) is 19.7 Å². The zero-order chi connectivity index (χ0) is 26.6. The lowest BCUT2D eigenvalue weighted by molar-refractivity contribution is -0.384. The number of fused-ring (bicyclic) bond motifs is 3. The van der Waals surface area contributed by atoms with Gasteiger partial charge in [-0.25, -0.2) is 4.99 Å². The molecule has 11 heteroatoms. The number of amidine groups is 2. The maximum atomic E-state index is 13.0. The van der Waals surface area contributed by atoms with Gasteiger partial charge >= 0.3 is 0 Å². The third kappa shape index (κ3) is 5.28. The lowest BCUT2D eigenvalue weighted by Crippen LogP contribution is -2.45. The minimum atomic E-state index is -0.842. The Balaban J connectivity index is 1.34. The Morgan fingerprint density at radius 1 is 1.08 bits per heavy atom. The molecule has 3 aromatic rings. The van der Waals surface area contributed by atoms with E-state index in [4.69, 9.17) is 9.73 Å². The minimum absolute atomic E-state index is 0.00374. The van der Waals surface area contributed by atoms with Crippen LogP contribution in [-0.2, 0) is 21.9 Å². The maximum Gasteiger partial charge on any atom is 0.271 e. The summed E-state index contributed by atoms with van der Waals surface area (Å²) in [7, 11) is 1.59. The van der Waals surface area contributed by atoms with Gasteiger partial charge in [0.05, 0.1) is 24.1 Å². The number of thioether (sulfide) groups is 1. The van der Waals surface area contributed by atoms with Crippen molar-refractivity contribution in [2.45, 2.75) is 24.8 Å². The number of nitro groups is 1. The van der Waals surface area contributed by atoms with Crippen LogP contribution in [0.2, 0.25) is 0 Å². The average Bonchev–Trinajstić information content (AvgIpc) is 3.26. The fraction of sp³-hybridized carbons (Fsp3) is 0.185. The van der Waals surface area contributed by atoms with Gasteiger partial charge in [0, 0.05) is 30.0 Å². The number of benzene rings is 3. The molecule has 0 bridgehead atoms. The largest absolute Gasteiger partial charge is 0.497 e. The van der Waals surface area contributed by atoms with Crippen LogP contribution in [-0.4, -0.2) is 45.8 Å². The molecule has 3 aromatic carbocycles. The number of hydrogen-bond acceptors (Lipinski definition) is 8. The van der Waals surface area contributed by atoms with Crippen LogP contribution in [0.1, 0.15) is 23.1 Å². The Hall–Kier alpha value is -4.51. The summed E-state index contributed by atoms with van der Waals surface area (Å²) in [6.45, 7) is 0.308. The molecule has 0 fully saturated rings. The number of nitrogens with zero attached hydrogens (tertiary/aromatic N) is 4. The summed E-state index contributed by atoms with van der Waals surface area (Å²) in [4.78, 5) is 47.4. The molecule has 2 aliphatic heterocycles. The number of rotatable bonds is 8. The molecule has 5 rings (SSSR count). The molecule has 0 aromatic heterocycles. The van der Waals surface area contributed by atoms with Gasteiger partial charge in [0.15, 0.2) is 5.17 Å². The van der Waals surface area contributed by atoms with Gasteiger partial charge in [0.25, 0.3) is 11.6 Å². The molecule has 0 radical (unpaired) electrons. The third-order valence-corrected chi connectivity index (χ3v) is 7.15. The standard InChI is InChI=1S/C27H23N5O5S/c1-37-20-11-9-17(10-12-20)15-28-24(33)14-23-26(34)30-25-21-7-2-3-8-22(21)29-27(31(23)25)38-16-18-5-4-6-19(13-18)32(35)36/h2-13,23H,14-16H2,1H3,(H,28,33). The Kier molecular flexibility index (Phi) is 7.18. The third-order valence-electron chi connectivity index (χ3n) is 6.12. The Morgan fingerprint density at radius 3 is 2.63 bits per heavy atom. The molecular weight excluding hydrogens is 506 g/mol. The van der Waals surface area contributed by atoms with E-state index in [1.54, 1.807) is 24.1 Å². The monoisotopic (exact) mass is 529 g/mol. The molecule has 2 amide bonds. The fourth-order valence-electron chi connectivity index (χ4n) is 4.20. The first-order valence-corrected chi connectivity index (χ1v) is 12.8. The van der Waals surface area contributed by atoms with Gasteiger partial charge < -0.3 is 10.1 Å². The van der Waals surface area contributed by atoms with Gasteiger partial charge in [-0.05, 0) is 35.4 Å². The second-order valence-electron chi connectivity index (χ2n) is 8.62. The highest BCUT2D eigenvalue weighted by Gasteiger charge is 2.42. The number of carbonyl (C=O) groups is 2. The molecule has 2 aliphatic rings. The SMILES string of the molecule is COc1ccc(CNC(=O)CC2C(=O)N=C3c4ccccc4N=C(SCc4cccc([N+](=O)[O-])c4)N32)cc1. The summed E-state index contributed by atoms with van der Waals surface area (Å²) in [5.41, 5.74) is 3.02. The number of ether oxygens (including phenoxy) is 1. The smallest absolute Gasteiger partial charge is 0.271 e. The Labute approximate surface area is 222 Å². The zero-order valence-electron chi connectivity index (χ0n) is 20.4. The average molecular weight is 530 g/mol. The highest BCUT2D eigenvalue weighted by molar-refractivity contribution is 8.13. The molecule has 192 valence electrons. The summed E-state index contributed by atoms with van der Waals surface area (Å²) in [5.74, 6) is 0.852. The normalized spacial score (nSPS) is 15.8. The quantitative estimate of drug-likeness (QED) is 0.342. The topological polar surface area (TPSA) is 126 Å². The molecule has 1 N–H and O–H groups in total. The number of aliphatic imine (C=N–C) groups is 2. The molecule has 0 spiro atoms. The summed E-state index contributed by atoms with van der Waals surface area (Å²) in [6.07, 6.45) is -0.0967. The van der Waals surface area contributed by atoms with Crippen LogP contribution in [0.15, 0.2) is 82.8 Å². The number of para-hydroxylation sites is 1. The van der Waals surface area contributed by atoms with Crippen LogP contribution < -0.4 is 10.1 Å². The molecule has 0 aliphatic carbocycles. The molecule has 0 saturated heterocycles. The van der Waals surface area contributed by atoms with Gasteiger partial charge in [-0.2, -0.15) is 4.99 Å². The van der Waals surface area contributed by atoms with Crippen LogP contribution in [0.4, 0.5) is 11.4 Å². The number of carbonyl (C=O) groups excluding carboxylic acids is 2. The first-order valence-electron chi connectivity index (χ1n) is 11.8. The Morgan fingerprint density at radius 2 is 1.87 bits per heavy atom. The molecule has 10 nitrogen and oxygen atoms in total. The van der Waals surface area contributed by atoms with Gasteiger partial charge in [0.1, 0.15) is 17.6 Å². The second-order valence-corrected chi connectivity index (χ2v) is 9.56. The molecule has 2 heterocycles. The number of nitrogens with one attached hydrogen (secondary N) is 1. The van der Waals surface area contributed by atoms with Crippen LogP contribution in [0.3, 0.4) is 0 Å². The summed E-state index contributed by atoms with van der Waals surface area (Å²) in [6, 6.07) is 20.3. The summed E-state index contributed by atoms with van der Waals surface area (Å²) < 4.78 is 5.16. The number of hydrogen-bond donors (Lipinski definition) is 1. The highest BCUT2D eigenvalue weighted by Crippen LogP contribution is 2.36. The lowest BCUT2D eigenvalue weighted by Gasteiger charge is -2.30. The van der Waals surface area contributed by atoms with Crippen molar-refractivity contribution in [2.24, 2.45) is 9.98 Å². The molecule has 0 saturated carbocycles. The van der Waals surface area contributed by atoms with E-state index < -0.39 is 16.9 Å². The predicted octanol–water partition coefficient (Wildman–Crippen LogP) is 4.20. The van der Waals surface area contributed by atoms with E-state index in [1.807, 2.05) is 48.5 Å². The second kappa shape index (κ2) is 10.9. The van der Waals surface area contributed by atoms with E-state index in [0.717, 1.165) is 16.9 Å². The maximum absolute atomic E-state index is 13.0. The van der Waals surface area contributed by atoms with Gasteiger partial charge in [-0.3, -0.25) is 24.6 Å². The fourth-order valence-corrected chi connectivity index (χ4v) is 5.19. The number of methoxy groups -OCH3 is 1. The number of amides is 2. The van der Waals surface area contributed by atoms with E-state index in [2.05, 4.69) is 10.3 Å². The van der Waals surface area contributed by atoms with Crippen LogP contribution in [0.5, 0.6) is 5.75 Å². The van der Waals surface area contributed by atoms with Crippen LogP contribution in [0.25, 0.3) is 0 Å². The number of non-ortho nitro benzene ring substituents is 1. The lowest BCUT2D eigenvalue weighted by atomic mass is 10.1. The predicted molar refractivity (Wildman–Crippen MR) is 145 cm³/mol. The van der Waals surface area contributed by atoms with Crippen molar-refractivity contribution in [3.8, 4) is 5.75 Å². The highest BCUT2D eigenvalue weighted by atomic mass is 32.2. The number of nitro benzene ring substituents is 1. The van der Waals surface area contributed by atoms with Crippen LogP contribution >= 0.6 is 11.8 Å². The first kappa shape index (κ1) is 25.2. The van der Waals surface area contributed by atoms with Crippen molar-refractivity contribution in [2.75, 3.05) is 7.11 Å². The van der Waals surface area contributed by atoms with E-state index >= 15 is 0 Å². The van der Waals surface area contributed by atoms with Crippen LogP contribution in [0, 0.1) is 10.1 Å². The van der Waals surface area contributed by atoms with Crippen molar-refractivity contribution in [3.63, 3.8) is 0 Å². The van der Waals surface area contributed by atoms with E-state index in [-0.39, 0.29) is 18.0 Å². The zero-order valence-corrected chi connectivity index (χ0v) is 21.2. The van der Waals surface area contributed by atoms with Crippen molar-refractivity contribution in [1.82, 2.24) is 10.2 Å². The van der Waals surface area contributed by atoms with Crippen molar-refractivity contribution >= 4 is 46.0 Å². The molecule has 1 atom stereocenters. The molecule has 1 unspecified atom stereocenters. The van der Waals surface area contributed by atoms with Gasteiger partial charge in [-0.15, -0.1) is 0 Å². The van der Waals surface area contributed by atoms with E-state index in [0.29, 0.717) is 34.6 Å². The molecular formula is C27H23N5O5S. The van der Waals surface area contributed by atoms with E-state index in [1.165, 1.54) is 23.9 Å². The van der Waals surface area contributed by atoms with Crippen molar-refractivity contribution in [1.29, 1.82) is 0 Å². The first-order chi connectivity index (χ1) is 18.4. The Bertz CT molecular complexity index is 1470.